The Morgan fingerprint density at radius 3 is 2.19 bits per heavy atom. The van der Waals surface area contributed by atoms with Gasteiger partial charge in [0.15, 0.2) is 18.2 Å². The van der Waals surface area contributed by atoms with Crippen LogP contribution in [0.3, 0.4) is 0 Å². The summed E-state index contributed by atoms with van der Waals surface area (Å²) in [6, 6.07) is 1.39. The average Bonchev–Trinajstić information content (AvgIpc) is 2.54. The minimum Gasteiger partial charge on any atom is -0.452 e. The molecule has 4 aliphatic rings. The standard InChI is InChI=1S/C19H20ClF2NO3/c20-14-5-16(22)15(21)4-13(14)18(25)26-9-17(24)23-19-6-10-1-11(7-19)3-12(2-10)8-19/h4-5,10-12H,1-3,6-9H2,(H,23,24). The van der Waals surface area contributed by atoms with Crippen molar-refractivity contribution in [3.05, 3.63) is 34.4 Å². The number of amides is 1. The highest BCUT2D eigenvalue weighted by Gasteiger charge is 2.51. The first-order valence-corrected chi connectivity index (χ1v) is 9.34. The third-order valence-corrected chi connectivity index (χ3v) is 6.32. The SMILES string of the molecule is O=C(COC(=O)c1cc(F)c(F)cc1Cl)NC12CC3CC(CC(C3)C1)C2. The van der Waals surface area contributed by atoms with E-state index in [0.717, 1.165) is 19.3 Å². The molecule has 4 saturated carbocycles. The monoisotopic (exact) mass is 383 g/mol. The van der Waals surface area contributed by atoms with Crippen molar-refractivity contribution >= 4 is 23.5 Å². The molecule has 0 atom stereocenters. The Labute approximate surface area is 155 Å². The lowest BCUT2D eigenvalue weighted by Gasteiger charge is -2.56. The van der Waals surface area contributed by atoms with E-state index in [1.54, 1.807) is 0 Å². The van der Waals surface area contributed by atoms with E-state index in [-0.39, 0.29) is 22.0 Å². The number of carbonyl (C=O) groups excluding carboxylic acids is 2. The normalized spacial score (nSPS) is 31.7. The van der Waals surface area contributed by atoms with Gasteiger partial charge in [-0.1, -0.05) is 11.6 Å². The summed E-state index contributed by atoms with van der Waals surface area (Å²) < 4.78 is 31.3. The van der Waals surface area contributed by atoms with Crippen LogP contribution in [0.4, 0.5) is 8.78 Å². The van der Waals surface area contributed by atoms with Crippen LogP contribution in [0.15, 0.2) is 12.1 Å². The van der Waals surface area contributed by atoms with Gasteiger partial charge in [-0.25, -0.2) is 13.6 Å². The van der Waals surface area contributed by atoms with E-state index >= 15 is 0 Å². The highest BCUT2D eigenvalue weighted by molar-refractivity contribution is 6.33. The van der Waals surface area contributed by atoms with E-state index in [1.807, 2.05) is 0 Å². The molecule has 0 heterocycles. The molecule has 4 aliphatic carbocycles. The first-order valence-electron chi connectivity index (χ1n) is 8.96. The zero-order valence-corrected chi connectivity index (χ0v) is 15.0. The Balaban J connectivity index is 1.36. The van der Waals surface area contributed by atoms with Gasteiger partial charge in [-0.15, -0.1) is 0 Å². The first kappa shape index (κ1) is 17.7. The molecule has 1 aromatic carbocycles. The molecule has 26 heavy (non-hydrogen) atoms. The van der Waals surface area contributed by atoms with Crippen molar-refractivity contribution in [2.24, 2.45) is 17.8 Å². The molecule has 0 saturated heterocycles. The van der Waals surface area contributed by atoms with Gasteiger partial charge in [-0.05, 0) is 68.4 Å². The third-order valence-electron chi connectivity index (χ3n) is 6.01. The maximum Gasteiger partial charge on any atom is 0.340 e. The summed E-state index contributed by atoms with van der Waals surface area (Å²) in [7, 11) is 0. The number of hydrogen-bond donors (Lipinski definition) is 1. The lowest BCUT2D eigenvalue weighted by molar-refractivity contribution is -0.130. The molecule has 0 unspecified atom stereocenters. The van der Waals surface area contributed by atoms with Crippen LogP contribution in [0.1, 0.15) is 48.9 Å². The number of esters is 1. The van der Waals surface area contributed by atoms with Gasteiger partial charge in [0.05, 0.1) is 10.6 Å². The molecule has 4 nitrogen and oxygen atoms in total. The first-order chi connectivity index (χ1) is 12.3. The smallest absolute Gasteiger partial charge is 0.340 e. The van der Waals surface area contributed by atoms with Gasteiger partial charge in [-0.3, -0.25) is 4.79 Å². The molecule has 0 spiro atoms. The fourth-order valence-corrected chi connectivity index (χ4v) is 5.71. The van der Waals surface area contributed by atoms with E-state index in [0.29, 0.717) is 29.9 Å². The lowest BCUT2D eigenvalue weighted by atomic mass is 9.53. The molecule has 0 aliphatic heterocycles. The summed E-state index contributed by atoms with van der Waals surface area (Å²) >= 11 is 5.75. The molecule has 140 valence electrons. The van der Waals surface area contributed by atoms with Crippen molar-refractivity contribution in [3.8, 4) is 0 Å². The topological polar surface area (TPSA) is 55.4 Å². The predicted octanol–water partition coefficient (Wildman–Crippen LogP) is 3.86. The Bertz CT molecular complexity index is 732. The number of rotatable bonds is 4. The van der Waals surface area contributed by atoms with Gasteiger partial charge in [0.1, 0.15) is 0 Å². The summed E-state index contributed by atoms with van der Waals surface area (Å²) in [5.74, 6) is -1.60. The summed E-state index contributed by atoms with van der Waals surface area (Å²) in [6.45, 7) is -0.462. The molecule has 1 amide bonds. The molecule has 1 N–H and O–H groups in total. The minimum absolute atomic E-state index is 0.169. The molecule has 5 rings (SSSR count). The molecule has 4 fully saturated rings. The predicted molar refractivity (Wildman–Crippen MR) is 90.7 cm³/mol. The van der Waals surface area contributed by atoms with Gasteiger partial charge in [0.25, 0.3) is 5.91 Å². The van der Waals surface area contributed by atoms with Gasteiger partial charge in [-0.2, -0.15) is 0 Å². The van der Waals surface area contributed by atoms with Crippen LogP contribution >= 0.6 is 11.6 Å². The quantitative estimate of drug-likeness (QED) is 0.634. The van der Waals surface area contributed by atoms with Crippen LogP contribution in [0.2, 0.25) is 5.02 Å². The van der Waals surface area contributed by atoms with E-state index in [4.69, 9.17) is 16.3 Å². The molecule has 0 radical (unpaired) electrons. The van der Waals surface area contributed by atoms with Crippen molar-refractivity contribution < 1.29 is 23.1 Å². The lowest BCUT2D eigenvalue weighted by Crippen LogP contribution is -2.60. The van der Waals surface area contributed by atoms with Crippen molar-refractivity contribution in [2.75, 3.05) is 6.61 Å². The second kappa shape index (κ2) is 6.48. The van der Waals surface area contributed by atoms with Crippen LogP contribution in [0.25, 0.3) is 0 Å². The third kappa shape index (κ3) is 3.31. The van der Waals surface area contributed by atoms with E-state index in [2.05, 4.69) is 5.32 Å². The van der Waals surface area contributed by atoms with Crippen LogP contribution in [0, 0.1) is 29.4 Å². The van der Waals surface area contributed by atoms with Gasteiger partial charge < -0.3 is 10.1 Å². The van der Waals surface area contributed by atoms with Crippen molar-refractivity contribution in [1.82, 2.24) is 5.32 Å². The maximum atomic E-state index is 13.3. The van der Waals surface area contributed by atoms with Crippen LogP contribution in [-0.2, 0) is 9.53 Å². The van der Waals surface area contributed by atoms with Crippen LogP contribution in [0.5, 0.6) is 0 Å². The summed E-state index contributed by atoms with van der Waals surface area (Å²) in [5, 5.41) is 2.83. The minimum atomic E-state index is -1.20. The largest absolute Gasteiger partial charge is 0.452 e. The van der Waals surface area contributed by atoms with Crippen LogP contribution in [-0.4, -0.2) is 24.0 Å². The molecular weight excluding hydrogens is 364 g/mol. The van der Waals surface area contributed by atoms with Gasteiger partial charge in [0.2, 0.25) is 0 Å². The molecular formula is C19H20ClF2NO3. The van der Waals surface area contributed by atoms with Gasteiger partial charge in [0, 0.05) is 5.54 Å². The molecule has 1 aromatic rings. The summed E-state index contributed by atoms with van der Waals surface area (Å²) in [4.78, 5) is 24.3. The second-order valence-corrected chi connectivity index (χ2v) is 8.48. The van der Waals surface area contributed by atoms with E-state index in [1.165, 1.54) is 19.3 Å². The average molecular weight is 384 g/mol. The summed E-state index contributed by atoms with van der Waals surface area (Å²) in [5.41, 5.74) is -0.467. The Morgan fingerprint density at radius 2 is 1.62 bits per heavy atom. The zero-order valence-electron chi connectivity index (χ0n) is 14.2. The Kier molecular flexibility index (Phi) is 4.41. The molecule has 4 bridgehead atoms. The van der Waals surface area contributed by atoms with E-state index < -0.39 is 24.2 Å². The fourth-order valence-electron chi connectivity index (χ4n) is 5.48. The number of ether oxygens (including phenoxy) is 1. The van der Waals surface area contributed by atoms with E-state index in [9.17, 15) is 18.4 Å². The van der Waals surface area contributed by atoms with Crippen LogP contribution < -0.4 is 5.32 Å². The zero-order chi connectivity index (χ0) is 18.5. The fraction of sp³-hybridized carbons (Fsp3) is 0.579. The maximum absolute atomic E-state index is 13.3. The number of benzene rings is 1. The Hall–Kier alpha value is -1.69. The number of nitrogens with one attached hydrogen (secondary N) is 1. The highest BCUT2D eigenvalue weighted by atomic mass is 35.5. The number of halogens is 3. The molecule has 7 heteroatoms. The summed E-state index contributed by atoms with van der Waals surface area (Å²) in [6.07, 6.45) is 6.77. The number of carbonyl (C=O) groups is 2. The highest BCUT2D eigenvalue weighted by Crippen LogP contribution is 2.55. The van der Waals surface area contributed by atoms with Crippen molar-refractivity contribution in [2.45, 2.75) is 44.1 Å². The van der Waals surface area contributed by atoms with Crippen molar-refractivity contribution in [3.63, 3.8) is 0 Å². The second-order valence-electron chi connectivity index (χ2n) is 8.07. The van der Waals surface area contributed by atoms with Crippen molar-refractivity contribution in [1.29, 1.82) is 0 Å². The number of hydrogen-bond acceptors (Lipinski definition) is 3. The molecule has 0 aromatic heterocycles. The van der Waals surface area contributed by atoms with Gasteiger partial charge >= 0.3 is 5.97 Å². The Morgan fingerprint density at radius 1 is 1.08 bits per heavy atom.